The Kier molecular flexibility index (Phi) is 5.44. The van der Waals surface area contributed by atoms with Crippen LogP contribution >= 0.6 is 0 Å². The minimum atomic E-state index is -0.683. The fraction of sp³-hybridized carbons (Fsp3) is 0.263. The van der Waals surface area contributed by atoms with Gasteiger partial charge < -0.3 is 15.2 Å². The molecule has 0 aliphatic carbocycles. The molecule has 2 N–H and O–H groups in total. The lowest BCUT2D eigenvalue weighted by Gasteiger charge is -2.13. The van der Waals surface area contributed by atoms with Gasteiger partial charge in [0, 0.05) is 12.7 Å². The summed E-state index contributed by atoms with van der Waals surface area (Å²) in [5.74, 6) is 0.457. The monoisotopic (exact) mass is 384 g/mol. The van der Waals surface area contributed by atoms with Crippen LogP contribution in [0.25, 0.3) is 11.0 Å². The van der Waals surface area contributed by atoms with Crippen LogP contribution in [0, 0.1) is 0 Å². The van der Waals surface area contributed by atoms with Gasteiger partial charge in [-0.2, -0.15) is 0 Å². The number of aromatic nitrogens is 3. The number of hydrogen-bond donors (Lipinski definition) is 1. The van der Waals surface area contributed by atoms with Crippen LogP contribution in [0.4, 0.5) is 0 Å². The number of nitrogens with two attached hydrogens (primary N) is 1. The molecule has 9 nitrogen and oxygen atoms in total. The summed E-state index contributed by atoms with van der Waals surface area (Å²) in [5.41, 5.74) is 5.38. The molecule has 1 aromatic carbocycles. The summed E-state index contributed by atoms with van der Waals surface area (Å²) in [6.45, 7) is -0.226. The number of hydrogen-bond acceptors (Lipinski definition) is 6. The predicted octanol–water partition coefficient (Wildman–Crippen LogP) is 0.303. The Morgan fingerprint density at radius 1 is 1.11 bits per heavy atom. The normalized spacial score (nSPS) is 10.8. The molecule has 0 radical (unpaired) electrons. The first-order valence-corrected chi connectivity index (χ1v) is 8.53. The molecule has 0 saturated carbocycles. The number of nitrogens with zero attached hydrogens (tertiary/aromatic N) is 3. The third-order valence-electron chi connectivity index (χ3n) is 4.37. The van der Waals surface area contributed by atoms with Crippen molar-refractivity contribution in [1.82, 2.24) is 14.1 Å². The number of methoxy groups -OCH3 is 2. The predicted molar refractivity (Wildman–Crippen MR) is 103 cm³/mol. The molecule has 3 aromatic rings. The zero-order valence-electron chi connectivity index (χ0n) is 15.5. The first-order chi connectivity index (χ1) is 13.5. The van der Waals surface area contributed by atoms with Gasteiger partial charge in [-0.1, -0.05) is 6.07 Å². The molecule has 0 aliphatic heterocycles. The Hall–Kier alpha value is -3.62. The summed E-state index contributed by atoms with van der Waals surface area (Å²) >= 11 is 0. The minimum Gasteiger partial charge on any atom is -0.493 e. The van der Waals surface area contributed by atoms with E-state index in [-0.39, 0.29) is 24.1 Å². The lowest BCUT2D eigenvalue weighted by atomic mass is 10.1. The number of aryl methyl sites for hydroxylation is 1. The quantitative estimate of drug-likeness (QED) is 0.626. The molecule has 3 rings (SSSR count). The largest absolute Gasteiger partial charge is 0.493 e. The van der Waals surface area contributed by atoms with Gasteiger partial charge in [0.25, 0.3) is 5.56 Å². The maximum absolute atomic E-state index is 12.8. The van der Waals surface area contributed by atoms with Crippen LogP contribution in [0.1, 0.15) is 5.56 Å². The molecule has 2 aromatic heterocycles. The van der Waals surface area contributed by atoms with E-state index in [0.717, 1.165) is 10.1 Å². The molecule has 9 heteroatoms. The highest BCUT2D eigenvalue weighted by atomic mass is 16.5. The van der Waals surface area contributed by atoms with Crippen LogP contribution in [0.15, 0.2) is 46.1 Å². The summed E-state index contributed by atoms with van der Waals surface area (Å²) in [5, 5.41) is 0. The van der Waals surface area contributed by atoms with Gasteiger partial charge in [-0.25, -0.2) is 9.78 Å². The topological polar surface area (TPSA) is 118 Å². The van der Waals surface area contributed by atoms with Gasteiger partial charge >= 0.3 is 5.69 Å². The van der Waals surface area contributed by atoms with Crippen LogP contribution in [-0.2, 0) is 24.3 Å². The van der Waals surface area contributed by atoms with Gasteiger partial charge in [0.1, 0.15) is 6.54 Å². The highest BCUT2D eigenvalue weighted by Gasteiger charge is 2.15. The SMILES string of the molecule is COc1ccc(CCn2c(=O)c3ncccc3n(CC(N)=O)c2=O)cc1OC. The second kappa shape index (κ2) is 7.95. The molecule has 146 valence electrons. The number of carbonyl (C=O) groups excluding carboxylic acids is 1. The van der Waals surface area contributed by atoms with Gasteiger partial charge in [0.2, 0.25) is 5.91 Å². The molecule has 0 spiro atoms. The number of benzene rings is 1. The third-order valence-corrected chi connectivity index (χ3v) is 4.37. The van der Waals surface area contributed by atoms with E-state index >= 15 is 0 Å². The number of fused-ring (bicyclic) bond motifs is 1. The minimum absolute atomic E-state index is 0.107. The molecule has 0 aliphatic rings. The second-order valence-corrected chi connectivity index (χ2v) is 6.10. The molecular formula is C19H20N4O5. The zero-order valence-corrected chi connectivity index (χ0v) is 15.5. The van der Waals surface area contributed by atoms with Crippen molar-refractivity contribution < 1.29 is 14.3 Å². The van der Waals surface area contributed by atoms with Crippen LogP contribution in [0.3, 0.4) is 0 Å². The lowest BCUT2D eigenvalue weighted by molar-refractivity contribution is -0.118. The number of amides is 1. The fourth-order valence-electron chi connectivity index (χ4n) is 3.03. The Bertz CT molecular complexity index is 1150. The summed E-state index contributed by atoms with van der Waals surface area (Å²) in [7, 11) is 3.07. The van der Waals surface area contributed by atoms with Gasteiger partial charge in [0.05, 0.1) is 19.7 Å². The molecule has 0 saturated heterocycles. The highest BCUT2D eigenvalue weighted by molar-refractivity contribution is 5.78. The molecule has 0 fully saturated rings. The fourth-order valence-corrected chi connectivity index (χ4v) is 3.03. The first kappa shape index (κ1) is 19.2. The van der Waals surface area contributed by atoms with Gasteiger partial charge in [-0.15, -0.1) is 0 Å². The summed E-state index contributed by atoms with van der Waals surface area (Å²) in [6, 6.07) is 8.52. The average molecular weight is 384 g/mol. The van der Waals surface area contributed by atoms with Gasteiger partial charge in [-0.05, 0) is 36.2 Å². The summed E-state index contributed by atoms with van der Waals surface area (Å²) in [6.07, 6.45) is 1.85. The van der Waals surface area contributed by atoms with Gasteiger partial charge in [-0.3, -0.25) is 18.7 Å². The Morgan fingerprint density at radius 2 is 1.86 bits per heavy atom. The number of pyridine rings is 1. The number of ether oxygens (including phenoxy) is 2. The van der Waals surface area contributed by atoms with Crippen molar-refractivity contribution in [2.45, 2.75) is 19.5 Å². The first-order valence-electron chi connectivity index (χ1n) is 8.53. The standard InChI is InChI=1S/C19H20N4O5/c1-27-14-6-5-12(10-15(14)28-2)7-9-22-18(25)17-13(4-3-8-21-17)23(19(22)26)11-16(20)24/h3-6,8,10H,7,9,11H2,1-2H3,(H2,20,24). The van der Waals surface area contributed by atoms with E-state index in [1.807, 2.05) is 6.07 Å². The molecule has 0 unspecified atom stereocenters. The second-order valence-electron chi connectivity index (χ2n) is 6.10. The lowest BCUT2D eigenvalue weighted by Crippen LogP contribution is -2.42. The van der Waals surface area contributed by atoms with E-state index < -0.39 is 17.2 Å². The number of rotatable bonds is 7. The highest BCUT2D eigenvalue weighted by Crippen LogP contribution is 2.27. The molecule has 2 heterocycles. The van der Waals surface area contributed by atoms with Crippen LogP contribution in [0.2, 0.25) is 0 Å². The zero-order chi connectivity index (χ0) is 20.3. The van der Waals surface area contributed by atoms with Crippen molar-refractivity contribution in [3.63, 3.8) is 0 Å². The molecule has 1 amide bonds. The summed E-state index contributed by atoms with van der Waals surface area (Å²) in [4.78, 5) is 41.1. The van der Waals surface area contributed by atoms with Crippen molar-refractivity contribution in [3.8, 4) is 11.5 Å². The van der Waals surface area contributed by atoms with E-state index in [1.165, 1.54) is 17.9 Å². The van der Waals surface area contributed by atoms with Crippen molar-refractivity contribution in [2.24, 2.45) is 5.73 Å². The number of carbonyl (C=O) groups is 1. The average Bonchev–Trinajstić information content (AvgIpc) is 2.70. The maximum atomic E-state index is 12.8. The van der Waals surface area contributed by atoms with E-state index in [2.05, 4.69) is 4.98 Å². The summed E-state index contributed by atoms with van der Waals surface area (Å²) < 4.78 is 12.7. The Balaban J connectivity index is 2.03. The van der Waals surface area contributed by atoms with Crippen LogP contribution in [-0.4, -0.2) is 34.2 Å². The maximum Gasteiger partial charge on any atom is 0.332 e. The van der Waals surface area contributed by atoms with Crippen LogP contribution < -0.4 is 26.5 Å². The van der Waals surface area contributed by atoms with E-state index in [4.69, 9.17) is 15.2 Å². The molecule has 0 bridgehead atoms. The van der Waals surface area contributed by atoms with E-state index in [0.29, 0.717) is 17.9 Å². The number of primary amides is 1. The van der Waals surface area contributed by atoms with E-state index in [1.54, 1.807) is 31.4 Å². The van der Waals surface area contributed by atoms with Crippen molar-refractivity contribution in [1.29, 1.82) is 0 Å². The Morgan fingerprint density at radius 3 is 2.54 bits per heavy atom. The third kappa shape index (κ3) is 3.59. The van der Waals surface area contributed by atoms with Gasteiger partial charge in [0.15, 0.2) is 17.0 Å². The van der Waals surface area contributed by atoms with E-state index in [9.17, 15) is 14.4 Å². The molecule has 28 heavy (non-hydrogen) atoms. The van der Waals surface area contributed by atoms with Crippen molar-refractivity contribution in [2.75, 3.05) is 14.2 Å². The van der Waals surface area contributed by atoms with Crippen LogP contribution in [0.5, 0.6) is 11.5 Å². The van der Waals surface area contributed by atoms with Crippen molar-refractivity contribution in [3.05, 3.63) is 62.9 Å². The smallest absolute Gasteiger partial charge is 0.332 e. The molecular weight excluding hydrogens is 364 g/mol. The van der Waals surface area contributed by atoms with Crippen molar-refractivity contribution >= 4 is 16.9 Å². The molecule has 0 atom stereocenters. The Labute approximate surface area is 159 Å².